The van der Waals surface area contributed by atoms with E-state index < -0.39 is 24.1 Å². The summed E-state index contributed by atoms with van der Waals surface area (Å²) in [4.78, 5) is 34.0. The molecule has 0 bridgehead atoms. The molecule has 1 aromatic rings. The molecule has 2 amide bonds. The number of cyclic esters (lactones) is 1. The summed E-state index contributed by atoms with van der Waals surface area (Å²) < 4.78 is 9.98. The van der Waals surface area contributed by atoms with Crippen molar-refractivity contribution in [3.63, 3.8) is 0 Å². The molecule has 0 radical (unpaired) electrons. The maximum atomic E-state index is 11.9. The minimum atomic E-state index is -0.884. The van der Waals surface area contributed by atoms with Gasteiger partial charge in [0.05, 0.1) is 5.56 Å². The number of carbonyl (C=O) groups excluding carboxylic acids is 3. The minimum absolute atomic E-state index is 0.212. The maximum absolute atomic E-state index is 11.9. The number of nitrogens with two attached hydrogens (primary N) is 1. The number of esters is 2. The lowest BCUT2D eigenvalue weighted by molar-refractivity contribution is -0.147. The summed E-state index contributed by atoms with van der Waals surface area (Å²) in [6.45, 7) is 1.73. The normalized spacial score (nSPS) is 21.1. The van der Waals surface area contributed by atoms with E-state index >= 15 is 0 Å². The van der Waals surface area contributed by atoms with Crippen LogP contribution in [0.1, 0.15) is 23.7 Å². The Morgan fingerprint density at radius 1 is 1.45 bits per heavy atom. The van der Waals surface area contributed by atoms with Crippen LogP contribution in [0.25, 0.3) is 0 Å². The van der Waals surface area contributed by atoms with Gasteiger partial charge in [-0.25, -0.2) is 14.4 Å². The summed E-state index contributed by atoms with van der Waals surface area (Å²) in [5, 5.41) is 2.35. The van der Waals surface area contributed by atoms with Gasteiger partial charge in [-0.1, -0.05) is 6.07 Å². The molecule has 7 heteroatoms. The van der Waals surface area contributed by atoms with E-state index in [4.69, 9.17) is 15.2 Å². The van der Waals surface area contributed by atoms with E-state index in [-0.39, 0.29) is 11.7 Å². The number of urea groups is 1. The first kappa shape index (κ1) is 13.9. The van der Waals surface area contributed by atoms with Crippen molar-refractivity contribution in [3.8, 4) is 0 Å². The minimum Gasteiger partial charge on any atom is -0.460 e. The third-order valence-corrected chi connectivity index (χ3v) is 2.74. The Labute approximate surface area is 115 Å². The molecule has 3 N–H and O–H groups in total. The van der Waals surface area contributed by atoms with Gasteiger partial charge in [0.25, 0.3) is 0 Å². The summed E-state index contributed by atoms with van der Waals surface area (Å²) in [6, 6.07) is 5.34. The smallest absolute Gasteiger partial charge is 0.347 e. The van der Waals surface area contributed by atoms with Gasteiger partial charge in [0.1, 0.15) is 6.10 Å². The summed E-state index contributed by atoms with van der Waals surface area (Å²) in [6.07, 6.45) is -0.808. The van der Waals surface area contributed by atoms with Crippen LogP contribution in [0.4, 0.5) is 10.5 Å². The first-order chi connectivity index (χ1) is 9.45. The molecule has 0 aromatic heterocycles. The molecule has 106 valence electrons. The van der Waals surface area contributed by atoms with Gasteiger partial charge < -0.3 is 20.5 Å². The summed E-state index contributed by atoms with van der Waals surface area (Å²) in [7, 11) is 0. The van der Waals surface area contributed by atoms with Crippen LogP contribution in [0.15, 0.2) is 24.3 Å². The van der Waals surface area contributed by atoms with Crippen LogP contribution in [0.3, 0.4) is 0 Å². The van der Waals surface area contributed by atoms with E-state index in [2.05, 4.69) is 5.32 Å². The number of rotatable bonds is 3. The van der Waals surface area contributed by atoms with E-state index in [9.17, 15) is 14.4 Å². The van der Waals surface area contributed by atoms with Gasteiger partial charge in [-0.3, -0.25) is 0 Å². The van der Waals surface area contributed by atoms with Crippen LogP contribution in [0, 0.1) is 0 Å². The van der Waals surface area contributed by atoms with Crippen molar-refractivity contribution in [2.45, 2.75) is 25.6 Å². The van der Waals surface area contributed by atoms with E-state index in [1.54, 1.807) is 19.1 Å². The number of ether oxygens (including phenoxy) is 2. The molecule has 0 unspecified atom stereocenters. The monoisotopic (exact) mass is 278 g/mol. The summed E-state index contributed by atoms with van der Waals surface area (Å²) in [5.41, 5.74) is 5.57. The summed E-state index contributed by atoms with van der Waals surface area (Å²) in [5.74, 6) is -1.20. The second kappa shape index (κ2) is 5.60. The lowest BCUT2D eigenvalue weighted by Crippen LogP contribution is -2.23. The quantitative estimate of drug-likeness (QED) is 0.803. The zero-order valence-corrected chi connectivity index (χ0v) is 10.8. The fourth-order valence-electron chi connectivity index (χ4n) is 1.88. The molecular weight excluding hydrogens is 264 g/mol. The number of hydrogen-bond acceptors (Lipinski definition) is 5. The van der Waals surface area contributed by atoms with E-state index in [1.165, 1.54) is 12.1 Å². The highest BCUT2D eigenvalue weighted by Gasteiger charge is 2.35. The van der Waals surface area contributed by atoms with Crippen LogP contribution in [0.2, 0.25) is 0 Å². The van der Waals surface area contributed by atoms with Gasteiger partial charge >= 0.3 is 18.0 Å². The third kappa shape index (κ3) is 3.25. The van der Waals surface area contributed by atoms with Gasteiger partial charge in [-0.15, -0.1) is 0 Å². The van der Waals surface area contributed by atoms with Crippen molar-refractivity contribution in [1.82, 2.24) is 0 Å². The van der Waals surface area contributed by atoms with Gasteiger partial charge in [0, 0.05) is 12.1 Å². The molecular formula is C13H14N2O5. The molecule has 2 rings (SSSR count). The Hall–Kier alpha value is -2.57. The molecule has 1 aromatic carbocycles. The fraction of sp³-hybridized carbons (Fsp3) is 0.308. The lowest BCUT2D eigenvalue weighted by Gasteiger charge is -2.09. The number of carbonyl (C=O) groups is 3. The highest BCUT2D eigenvalue weighted by atomic mass is 16.6. The van der Waals surface area contributed by atoms with Crippen LogP contribution in [-0.4, -0.2) is 30.2 Å². The van der Waals surface area contributed by atoms with Crippen LogP contribution in [-0.2, 0) is 14.3 Å². The molecule has 0 saturated carbocycles. The Morgan fingerprint density at radius 3 is 2.80 bits per heavy atom. The van der Waals surface area contributed by atoms with Crippen molar-refractivity contribution in [3.05, 3.63) is 29.8 Å². The van der Waals surface area contributed by atoms with Gasteiger partial charge in [-0.05, 0) is 25.1 Å². The predicted molar refractivity (Wildman–Crippen MR) is 69.0 cm³/mol. The Kier molecular flexibility index (Phi) is 3.88. The second-order valence-corrected chi connectivity index (χ2v) is 4.45. The SMILES string of the molecule is C[C@@H]1C[C@@H](OC(=O)c2cccc(NC(N)=O)c2)C(=O)O1. The van der Waals surface area contributed by atoms with Crippen LogP contribution >= 0.6 is 0 Å². The van der Waals surface area contributed by atoms with E-state index in [0.717, 1.165) is 0 Å². The molecule has 0 spiro atoms. The molecule has 1 saturated heterocycles. The zero-order chi connectivity index (χ0) is 14.7. The molecule has 7 nitrogen and oxygen atoms in total. The second-order valence-electron chi connectivity index (χ2n) is 4.45. The number of amides is 2. The molecule has 1 aliphatic heterocycles. The first-order valence-electron chi connectivity index (χ1n) is 6.03. The van der Waals surface area contributed by atoms with Crippen molar-refractivity contribution >= 4 is 23.7 Å². The number of primary amides is 1. The lowest BCUT2D eigenvalue weighted by atomic mass is 10.2. The number of benzene rings is 1. The Balaban J connectivity index is 2.05. The molecule has 2 atom stereocenters. The fourth-order valence-corrected chi connectivity index (χ4v) is 1.88. The highest BCUT2D eigenvalue weighted by molar-refractivity contribution is 5.94. The largest absolute Gasteiger partial charge is 0.460 e. The standard InChI is InChI=1S/C13H14N2O5/c1-7-5-10(12(17)19-7)20-11(16)8-3-2-4-9(6-8)15-13(14)18/h2-4,6-7,10H,5H2,1H3,(H3,14,15,18)/t7-,10-/m1/s1. The molecule has 1 aliphatic rings. The van der Waals surface area contributed by atoms with Crippen molar-refractivity contribution in [2.24, 2.45) is 5.73 Å². The predicted octanol–water partition coefficient (Wildman–Crippen LogP) is 1.04. The van der Waals surface area contributed by atoms with Gasteiger partial charge in [0.15, 0.2) is 0 Å². The van der Waals surface area contributed by atoms with Crippen molar-refractivity contribution < 1.29 is 23.9 Å². The highest BCUT2D eigenvalue weighted by Crippen LogP contribution is 2.19. The van der Waals surface area contributed by atoms with Crippen LogP contribution < -0.4 is 11.1 Å². The maximum Gasteiger partial charge on any atom is 0.347 e. The average molecular weight is 278 g/mol. The molecule has 1 fully saturated rings. The number of anilines is 1. The number of nitrogens with one attached hydrogen (secondary N) is 1. The van der Waals surface area contributed by atoms with E-state index in [1.807, 2.05) is 0 Å². The topological polar surface area (TPSA) is 108 Å². The summed E-state index contributed by atoms with van der Waals surface area (Å²) >= 11 is 0. The van der Waals surface area contributed by atoms with Crippen LogP contribution in [0.5, 0.6) is 0 Å². The van der Waals surface area contributed by atoms with Crippen molar-refractivity contribution in [1.29, 1.82) is 0 Å². The molecule has 1 heterocycles. The van der Waals surface area contributed by atoms with Gasteiger partial charge in [-0.2, -0.15) is 0 Å². The van der Waals surface area contributed by atoms with Gasteiger partial charge in [0.2, 0.25) is 6.10 Å². The number of hydrogen-bond donors (Lipinski definition) is 2. The Bertz CT molecular complexity index is 557. The van der Waals surface area contributed by atoms with Crippen molar-refractivity contribution in [2.75, 3.05) is 5.32 Å². The van der Waals surface area contributed by atoms with E-state index in [0.29, 0.717) is 12.1 Å². The zero-order valence-electron chi connectivity index (χ0n) is 10.8. The molecule has 0 aliphatic carbocycles. The average Bonchev–Trinajstić information content (AvgIpc) is 2.67. The molecule has 20 heavy (non-hydrogen) atoms. The third-order valence-electron chi connectivity index (χ3n) is 2.74. The first-order valence-corrected chi connectivity index (χ1v) is 6.03. The Morgan fingerprint density at radius 2 is 2.20 bits per heavy atom.